The first-order chi connectivity index (χ1) is 10.7. The summed E-state index contributed by atoms with van der Waals surface area (Å²) >= 11 is 0. The van der Waals surface area contributed by atoms with Crippen LogP contribution < -0.4 is 0 Å². The fourth-order valence-electron chi connectivity index (χ4n) is 3.36. The maximum atomic E-state index is 5.88. The van der Waals surface area contributed by atoms with Gasteiger partial charge in [0, 0.05) is 52.1 Å². The Morgan fingerprint density at radius 1 is 1.27 bits per heavy atom. The average Bonchev–Trinajstić information content (AvgIpc) is 2.98. The Kier molecular flexibility index (Phi) is 5.28. The first-order valence-corrected chi connectivity index (χ1v) is 8.45. The monoisotopic (exact) mass is 304 g/mol. The van der Waals surface area contributed by atoms with Crippen molar-refractivity contribution >= 4 is 0 Å². The number of rotatable bonds is 5. The van der Waals surface area contributed by atoms with Gasteiger partial charge in [0.1, 0.15) is 0 Å². The number of nitrogens with zero attached hydrogens (tertiary/aromatic N) is 4. The molecule has 5 nitrogen and oxygen atoms in total. The van der Waals surface area contributed by atoms with Gasteiger partial charge in [-0.1, -0.05) is 12.2 Å². The fraction of sp³-hybridized carbons (Fsp3) is 0.706. The van der Waals surface area contributed by atoms with Crippen LogP contribution in [0.4, 0.5) is 0 Å². The van der Waals surface area contributed by atoms with E-state index < -0.39 is 0 Å². The molecule has 0 amide bonds. The second-order valence-corrected chi connectivity index (χ2v) is 6.60. The average molecular weight is 304 g/mol. The molecule has 0 spiro atoms. The molecule has 0 aliphatic carbocycles. The molecule has 1 aromatic rings. The van der Waals surface area contributed by atoms with E-state index in [2.05, 4.69) is 39.1 Å². The van der Waals surface area contributed by atoms with Crippen molar-refractivity contribution in [1.29, 1.82) is 0 Å². The van der Waals surface area contributed by atoms with Crippen LogP contribution in [-0.4, -0.2) is 58.9 Å². The second-order valence-electron chi connectivity index (χ2n) is 6.60. The van der Waals surface area contributed by atoms with Crippen LogP contribution in [0.15, 0.2) is 24.4 Å². The van der Waals surface area contributed by atoms with Gasteiger partial charge in [0.15, 0.2) is 6.23 Å². The normalized spacial score (nSPS) is 24.5. The summed E-state index contributed by atoms with van der Waals surface area (Å²) in [4.78, 5) is 5.01. The Morgan fingerprint density at radius 2 is 2.05 bits per heavy atom. The van der Waals surface area contributed by atoms with E-state index in [-0.39, 0.29) is 6.23 Å². The van der Waals surface area contributed by atoms with E-state index in [1.165, 1.54) is 24.1 Å². The lowest BCUT2D eigenvalue weighted by Gasteiger charge is -2.35. The lowest BCUT2D eigenvalue weighted by Crippen LogP contribution is -2.46. The summed E-state index contributed by atoms with van der Waals surface area (Å²) in [6.07, 6.45) is 5.55. The first-order valence-electron chi connectivity index (χ1n) is 8.45. The lowest BCUT2D eigenvalue weighted by molar-refractivity contribution is -0.0423. The molecule has 1 atom stereocenters. The third kappa shape index (κ3) is 3.97. The second kappa shape index (κ2) is 7.40. The Balaban J connectivity index is 1.54. The van der Waals surface area contributed by atoms with E-state index in [1.54, 1.807) is 0 Å². The molecule has 22 heavy (non-hydrogen) atoms. The van der Waals surface area contributed by atoms with Gasteiger partial charge in [0.05, 0.1) is 5.69 Å². The summed E-state index contributed by atoms with van der Waals surface area (Å²) in [5, 5.41) is 4.50. The van der Waals surface area contributed by atoms with E-state index >= 15 is 0 Å². The molecule has 2 aliphatic heterocycles. The van der Waals surface area contributed by atoms with Crippen LogP contribution in [0.1, 0.15) is 38.1 Å². The zero-order valence-corrected chi connectivity index (χ0v) is 13.7. The fourth-order valence-corrected chi connectivity index (χ4v) is 3.36. The summed E-state index contributed by atoms with van der Waals surface area (Å²) < 4.78 is 7.97. The standard InChI is InChI=1S/C17H28N4O/c1-15(2)13-19-8-10-20(11-9-19)14-16-6-7-18-21(16)17-5-3-4-12-22-17/h6-7,17H,1,3-5,8-14H2,2H3. The Hall–Kier alpha value is -1.17. The first kappa shape index (κ1) is 15.7. The summed E-state index contributed by atoms with van der Waals surface area (Å²) in [7, 11) is 0. The SMILES string of the molecule is C=C(C)CN1CCN(Cc2ccnn2C2CCCCO2)CC1. The Morgan fingerprint density at radius 3 is 2.73 bits per heavy atom. The van der Waals surface area contributed by atoms with Crippen molar-refractivity contribution in [3.63, 3.8) is 0 Å². The van der Waals surface area contributed by atoms with Crippen LogP contribution in [0.5, 0.6) is 0 Å². The van der Waals surface area contributed by atoms with Crippen LogP contribution in [0, 0.1) is 0 Å². The topological polar surface area (TPSA) is 33.5 Å². The molecule has 1 unspecified atom stereocenters. The highest BCUT2D eigenvalue weighted by Crippen LogP contribution is 2.23. The van der Waals surface area contributed by atoms with Crippen LogP contribution in [0.25, 0.3) is 0 Å². The van der Waals surface area contributed by atoms with Gasteiger partial charge in [-0.05, 0) is 32.3 Å². The van der Waals surface area contributed by atoms with E-state index in [0.29, 0.717) is 0 Å². The molecule has 3 heterocycles. The van der Waals surface area contributed by atoms with Gasteiger partial charge >= 0.3 is 0 Å². The molecule has 2 fully saturated rings. The zero-order chi connectivity index (χ0) is 15.4. The maximum Gasteiger partial charge on any atom is 0.150 e. The predicted octanol–water partition coefficient (Wildman–Crippen LogP) is 2.28. The number of piperazine rings is 1. The molecule has 2 saturated heterocycles. The smallest absolute Gasteiger partial charge is 0.150 e. The summed E-state index contributed by atoms with van der Waals surface area (Å²) in [6.45, 7) is 13.5. The van der Waals surface area contributed by atoms with Crippen LogP contribution >= 0.6 is 0 Å². The highest BCUT2D eigenvalue weighted by molar-refractivity contribution is 5.02. The molecule has 122 valence electrons. The van der Waals surface area contributed by atoms with Gasteiger partial charge in [-0.3, -0.25) is 9.80 Å². The summed E-state index contributed by atoms with van der Waals surface area (Å²) in [5.41, 5.74) is 2.53. The number of aromatic nitrogens is 2. The zero-order valence-electron chi connectivity index (χ0n) is 13.7. The van der Waals surface area contributed by atoms with Gasteiger partial charge in [0.2, 0.25) is 0 Å². The van der Waals surface area contributed by atoms with Gasteiger partial charge in [0.25, 0.3) is 0 Å². The maximum absolute atomic E-state index is 5.88. The van der Waals surface area contributed by atoms with E-state index in [9.17, 15) is 0 Å². The molecule has 2 aliphatic rings. The van der Waals surface area contributed by atoms with Crippen molar-refractivity contribution in [2.75, 3.05) is 39.3 Å². The van der Waals surface area contributed by atoms with Crippen molar-refractivity contribution in [1.82, 2.24) is 19.6 Å². The van der Waals surface area contributed by atoms with Gasteiger partial charge < -0.3 is 4.74 Å². The molecular weight excluding hydrogens is 276 g/mol. The van der Waals surface area contributed by atoms with E-state index in [0.717, 1.165) is 52.3 Å². The minimum absolute atomic E-state index is 0.142. The molecule has 5 heteroatoms. The Bertz CT molecular complexity index is 485. The largest absolute Gasteiger partial charge is 0.357 e. The molecule has 0 aromatic carbocycles. The Labute approximate surface area is 133 Å². The molecule has 1 aromatic heterocycles. The van der Waals surface area contributed by atoms with E-state index in [1.807, 2.05) is 6.20 Å². The van der Waals surface area contributed by atoms with Crippen molar-refractivity contribution in [3.8, 4) is 0 Å². The third-order valence-corrected chi connectivity index (χ3v) is 4.52. The molecular formula is C17H28N4O. The third-order valence-electron chi connectivity index (χ3n) is 4.52. The van der Waals surface area contributed by atoms with Crippen molar-refractivity contribution in [3.05, 3.63) is 30.1 Å². The molecule has 0 saturated carbocycles. The van der Waals surface area contributed by atoms with Gasteiger partial charge in [-0.15, -0.1) is 0 Å². The molecule has 0 bridgehead atoms. The van der Waals surface area contributed by atoms with Crippen molar-refractivity contribution < 1.29 is 4.74 Å². The van der Waals surface area contributed by atoms with Crippen molar-refractivity contribution in [2.45, 2.75) is 39.0 Å². The van der Waals surface area contributed by atoms with Gasteiger partial charge in [-0.2, -0.15) is 5.10 Å². The predicted molar refractivity (Wildman–Crippen MR) is 87.6 cm³/mol. The minimum atomic E-state index is 0.142. The molecule has 0 N–H and O–H groups in total. The highest BCUT2D eigenvalue weighted by Gasteiger charge is 2.22. The summed E-state index contributed by atoms with van der Waals surface area (Å²) in [6, 6.07) is 2.14. The number of hydrogen-bond donors (Lipinski definition) is 0. The summed E-state index contributed by atoms with van der Waals surface area (Å²) in [5.74, 6) is 0. The van der Waals surface area contributed by atoms with Crippen LogP contribution in [0.2, 0.25) is 0 Å². The van der Waals surface area contributed by atoms with E-state index in [4.69, 9.17) is 4.74 Å². The molecule has 0 radical (unpaired) electrons. The number of hydrogen-bond acceptors (Lipinski definition) is 4. The quantitative estimate of drug-likeness (QED) is 0.782. The molecule has 3 rings (SSSR count). The van der Waals surface area contributed by atoms with Crippen molar-refractivity contribution in [2.24, 2.45) is 0 Å². The number of ether oxygens (including phenoxy) is 1. The minimum Gasteiger partial charge on any atom is -0.357 e. The van der Waals surface area contributed by atoms with Gasteiger partial charge in [-0.25, -0.2) is 4.68 Å². The van der Waals surface area contributed by atoms with Crippen LogP contribution in [0.3, 0.4) is 0 Å². The highest BCUT2D eigenvalue weighted by atomic mass is 16.5. The van der Waals surface area contributed by atoms with Crippen LogP contribution in [-0.2, 0) is 11.3 Å². The lowest BCUT2D eigenvalue weighted by atomic mass is 10.2.